The van der Waals surface area contributed by atoms with E-state index in [1.54, 1.807) is 24.3 Å². The zero-order valence-corrected chi connectivity index (χ0v) is 13.6. The highest BCUT2D eigenvalue weighted by atomic mass is 16.5. The molecule has 3 rings (SSSR count). The van der Waals surface area contributed by atoms with Crippen LogP contribution in [0.2, 0.25) is 0 Å². The molecule has 0 atom stereocenters. The Morgan fingerprint density at radius 1 is 0.962 bits per heavy atom. The maximum atomic E-state index is 8.67. The number of aromatic nitrogens is 1. The monoisotopic (exact) mass is 348 g/mol. The van der Waals surface area contributed by atoms with Gasteiger partial charge < -0.3 is 21.4 Å². The summed E-state index contributed by atoms with van der Waals surface area (Å²) in [7, 11) is 0. The van der Waals surface area contributed by atoms with Crippen LogP contribution in [0.4, 0.5) is 5.82 Å². The third-order valence-electron chi connectivity index (χ3n) is 3.83. The van der Waals surface area contributed by atoms with Crippen molar-refractivity contribution in [1.29, 1.82) is 10.8 Å². The molecular formula is C18H16N6O2. The average Bonchev–Trinajstić information content (AvgIpc) is 2.67. The topological polar surface area (TPSA) is 154 Å². The van der Waals surface area contributed by atoms with Gasteiger partial charge in [-0.05, 0) is 17.5 Å². The number of nitrogen functional groups attached to an aromatic ring is 1. The van der Waals surface area contributed by atoms with E-state index in [4.69, 9.17) is 32.2 Å². The minimum atomic E-state index is -0.209. The highest BCUT2D eigenvalue weighted by Crippen LogP contribution is 2.23. The lowest BCUT2D eigenvalue weighted by molar-refractivity contribution is 0.318. The van der Waals surface area contributed by atoms with Crippen molar-refractivity contribution < 1.29 is 9.94 Å². The number of hydrogen-bond acceptors (Lipinski definition) is 7. The van der Waals surface area contributed by atoms with Gasteiger partial charge >= 0.3 is 0 Å². The number of hydrogen-bond donors (Lipinski definition) is 5. The van der Waals surface area contributed by atoms with E-state index < -0.39 is 0 Å². The van der Waals surface area contributed by atoms with Gasteiger partial charge in [0, 0.05) is 22.7 Å². The fourth-order valence-corrected chi connectivity index (χ4v) is 2.46. The number of amidine groups is 1. The smallest absolute Gasteiger partial charge is 0.223 e. The Bertz CT molecular complexity index is 1030. The van der Waals surface area contributed by atoms with Gasteiger partial charge in [-0.15, -0.1) is 0 Å². The van der Waals surface area contributed by atoms with Gasteiger partial charge in [0.05, 0.1) is 5.56 Å². The Morgan fingerprint density at radius 2 is 1.58 bits per heavy atom. The van der Waals surface area contributed by atoms with E-state index >= 15 is 0 Å². The van der Waals surface area contributed by atoms with Gasteiger partial charge in [-0.3, -0.25) is 10.8 Å². The number of anilines is 1. The van der Waals surface area contributed by atoms with Crippen LogP contribution in [0.1, 0.15) is 16.7 Å². The Kier molecular flexibility index (Phi) is 4.48. The molecule has 0 amide bonds. The molecular weight excluding hydrogens is 332 g/mol. The zero-order valence-electron chi connectivity index (χ0n) is 13.6. The third-order valence-corrected chi connectivity index (χ3v) is 3.83. The molecule has 1 aromatic heterocycles. The van der Waals surface area contributed by atoms with Crippen LogP contribution in [0.25, 0.3) is 10.8 Å². The lowest BCUT2D eigenvalue weighted by Gasteiger charge is -2.11. The maximum absolute atomic E-state index is 8.67. The van der Waals surface area contributed by atoms with E-state index in [0.29, 0.717) is 27.9 Å². The summed E-state index contributed by atoms with van der Waals surface area (Å²) in [5.74, 6) is -0.0803. The molecule has 7 N–H and O–H groups in total. The Labute approximate surface area is 148 Å². The van der Waals surface area contributed by atoms with Crippen LogP contribution in [0, 0.1) is 10.8 Å². The molecule has 8 heteroatoms. The first kappa shape index (κ1) is 16.9. The average molecular weight is 348 g/mol. The molecule has 0 fully saturated rings. The second-order valence-corrected chi connectivity index (χ2v) is 5.43. The molecule has 26 heavy (non-hydrogen) atoms. The lowest BCUT2D eigenvalue weighted by Crippen LogP contribution is -2.15. The van der Waals surface area contributed by atoms with Crippen LogP contribution >= 0.6 is 0 Å². The highest BCUT2D eigenvalue weighted by molar-refractivity contribution is 6.12. The number of fused-ring (bicyclic) bond motifs is 1. The van der Waals surface area contributed by atoms with E-state index in [1.807, 2.05) is 24.3 Å². The Balaban J connectivity index is 1.84. The van der Waals surface area contributed by atoms with Crippen molar-refractivity contribution in [1.82, 2.24) is 4.98 Å². The first-order valence-electron chi connectivity index (χ1n) is 7.58. The SMILES string of the molecule is N=C(OC(=N)c1cnc(N)c2ccccc12)c1ccc(C(N)=NO)cc1. The standard InChI is InChI=1S/C18H16N6O2/c19-15(24-25)10-5-7-11(8-6-10)17(21)26-18(22)14-9-23-16(20)13-4-2-1-3-12(13)14/h1-9,21-22,25H,(H2,19,24)(H2,20,23). The van der Waals surface area contributed by atoms with Crippen molar-refractivity contribution in [2.45, 2.75) is 0 Å². The largest absolute Gasteiger partial charge is 0.421 e. The molecule has 0 radical (unpaired) electrons. The second-order valence-electron chi connectivity index (χ2n) is 5.43. The van der Waals surface area contributed by atoms with E-state index in [9.17, 15) is 0 Å². The minimum absolute atomic E-state index is 0.0313. The van der Waals surface area contributed by atoms with Crippen LogP contribution in [0.5, 0.6) is 0 Å². The van der Waals surface area contributed by atoms with Crippen LogP contribution in [0.3, 0.4) is 0 Å². The molecule has 0 spiro atoms. The van der Waals surface area contributed by atoms with Crippen molar-refractivity contribution in [3.05, 3.63) is 71.4 Å². The van der Waals surface area contributed by atoms with Crippen molar-refractivity contribution in [3.8, 4) is 0 Å². The summed E-state index contributed by atoms with van der Waals surface area (Å²) >= 11 is 0. The van der Waals surface area contributed by atoms with E-state index in [1.165, 1.54) is 6.20 Å². The minimum Gasteiger partial charge on any atom is -0.421 e. The van der Waals surface area contributed by atoms with Gasteiger partial charge in [-0.2, -0.15) is 0 Å². The van der Waals surface area contributed by atoms with Gasteiger partial charge in [-0.25, -0.2) is 4.98 Å². The highest BCUT2D eigenvalue weighted by Gasteiger charge is 2.14. The molecule has 0 saturated heterocycles. The number of oxime groups is 1. The summed E-state index contributed by atoms with van der Waals surface area (Å²) in [5, 5.41) is 29.3. The van der Waals surface area contributed by atoms with Crippen molar-refractivity contribution in [3.63, 3.8) is 0 Å². The normalized spacial score (nSPS) is 11.3. The fourth-order valence-electron chi connectivity index (χ4n) is 2.46. The van der Waals surface area contributed by atoms with Gasteiger partial charge in [-0.1, -0.05) is 41.6 Å². The predicted molar refractivity (Wildman–Crippen MR) is 99.9 cm³/mol. The van der Waals surface area contributed by atoms with E-state index in [2.05, 4.69) is 10.1 Å². The molecule has 0 aliphatic heterocycles. The molecule has 0 saturated carbocycles. The van der Waals surface area contributed by atoms with Crippen LogP contribution in [-0.4, -0.2) is 27.8 Å². The van der Waals surface area contributed by atoms with Gasteiger partial charge in [0.15, 0.2) is 5.84 Å². The number of pyridine rings is 1. The van der Waals surface area contributed by atoms with E-state index in [-0.39, 0.29) is 17.6 Å². The molecule has 1 heterocycles. The first-order chi connectivity index (χ1) is 12.5. The number of rotatable bonds is 3. The van der Waals surface area contributed by atoms with Crippen molar-refractivity contribution in [2.24, 2.45) is 10.9 Å². The zero-order chi connectivity index (χ0) is 18.7. The summed E-state index contributed by atoms with van der Waals surface area (Å²) in [6.07, 6.45) is 1.45. The first-order valence-corrected chi connectivity index (χ1v) is 7.58. The number of ether oxygens (including phenoxy) is 1. The number of nitrogens with two attached hydrogens (primary N) is 2. The van der Waals surface area contributed by atoms with Crippen molar-refractivity contribution in [2.75, 3.05) is 5.73 Å². The molecule has 0 aliphatic carbocycles. The molecule has 8 nitrogen and oxygen atoms in total. The van der Waals surface area contributed by atoms with Crippen LogP contribution in [0.15, 0.2) is 59.9 Å². The van der Waals surface area contributed by atoms with Gasteiger partial charge in [0.2, 0.25) is 11.8 Å². The lowest BCUT2D eigenvalue weighted by atomic mass is 10.1. The van der Waals surface area contributed by atoms with Crippen LogP contribution < -0.4 is 11.5 Å². The molecule has 130 valence electrons. The van der Waals surface area contributed by atoms with Gasteiger partial charge in [0.1, 0.15) is 5.82 Å². The van der Waals surface area contributed by atoms with Crippen LogP contribution in [-0.2, 0) is 4.74 Å². The predicted octanol–water partition coefficient (Wildman–Crippen LogP) is 2.28. The third kappa shape index (κ3) is 3.16. The fraction of sp³-hybridized carbons (Fsp3) is 0. The summed E-state index contributed by atoms with van der Waals surface area (Å²) in [6.45, 7) is 0. The number of benzene rings is 2. The molecule has 0 aliphatic rings. The Morgan fingerprint density at radius 3 is 2.23 bits per heavy atom. The number of nitrogens with zero attached hydrogens (tertiary/aromatic N) is 2. The second kappa shape index (κ2) is 6.89. The number of nitrogens with one attached hydrogen (secondary N) is 2. The van der Waals surface area contributed by atoms with Crippen molar-refractivity contribution >= 4 is 34.2 Å². The molecule has 3 aromatic rings. The van der Waals surface area contributed by atoms with E-state index in [0.717, 1.165) is 5.39 Å². The molecule has 0 unspecified atom stereocenters. The Hall–Kier alpha value is -3.94. The summed E-state index contributed by atoms with van der Waals surface area (Å²) in [6, 6.07) is 13.6. The summed E-state index contributed by atoms with van der Waals surface area (Å²) < 4.78 is 5.37. The quantitative estimate of drug-likeness (QED) is 0.212. The summed E-state index contributed by atoms with van der Waals surface area (Å²) in [5.41, 5.74) is 12.8. The maximum Gasteiger partial charge on any atom is 0.223 e. The molecule has 0 bridgehead atoms. The summed E-state index contributed by atoms with van der Waals surface area (Å²) in [4.78, 5) is 4.08. The molecule has 2 aromatic carbocycles. The van der Waals surface area contributed by atoms with Gasteiger partial charge in [0.25, 0.3) is 0 Å².